The van der Waals surface area contributed by atoms with Crippen molar-refractivity contribution in [3.63, 3.8) is 0 Å². The van der Waals surface area contributed by atoms with Crippen LogP contribution in [0.15, 0.2) is 0 Å². The molecule has 15 heavy (non-hydrogen) atoms. The van der Waals surface area contributed by atoms with Gasteiger partial charge in [-0.2, -0.15) is 0 Å². The zero-order valence-electron chi connectivity index (χ0n) is 10.3. The maximum Gasteiger partial charge on any atom is 0.118 e. The molecule has 3 unspecified atom stereocenters. The second-order valence-electron chi connectivity index (χ2n) is 5.37. The van der Waals surface area contributed by atoms with Crippen LogP contribution in [0.4, 0.5) is 0 Å². The average Bonchev–Trinajstić information content (AvgIpc) is 2.51. The van der Waals surface area contributed by atoms with Gasteiger partial charge in [-0.25, -0.2) is 0 Å². The van der Waals surface area contributed by atoms with Crippen LogP contribution in [0.25, 0.3) is 0 Å². The van der Waals surface area contributed by atoms with E-state index < -0.39 is 0 Å². The molecule has 3 heteroatoms. The van der Waals surface area contributed by atoms with E-state index in [0.717, 1.165) is 13.0 Å². The SMILES string of the molecule is CC1CNC(C)(CC2CCCCN2C)O1. The Morgan fingerprint density at radius 1 is 1.47 bits per heavy atom. The van der Waals surface area contributed by atoms with E-state index in [1.807, 2.05) is 0 Å². The number of hydrogen-bond donors (Lipinski definition) is 1. The van der Waals surface area contributed by atoms with E-state index in [2.05, 4.69) is 31.1 Å². The third-order valence-corrected chi connectivity index (χ3v) is 3.77. The van der Waals surface area contributed by atoms with Crippen molar-refractivity contribution in [2.75, 3.05) is 20.1 Å². The number of nitrogens with zero attached hydrogens (tertiary/aromatic N) is 1. The molecule has 0 saturated carbocycles. The number of hydrogen-bond acceptors (Lipinski definition) is 3. The van der Waals surface area contributed by atoms with Crippen LogP contribution < -0.4 is 5.32 Å². The van der Waals surface area contributed by atoms with E-state index in [1.54, 1.807) is 0 Å². The van der Waals surface area contributed by atoms with Crippen molar-refractivity contribution >= 4 is 0 Å². The molecule has 0 amide bonds. The van der Waals surface area contributed by atoms with E-state index in [4.69, 9.17) is 4.74 Å². The maximum absolute atomic E-state index is 5.96. The van der Waals surface area contributed by atoms with E-state index in [0.29, 0.717) is 12.1 Å². The molecule has 0 aliphatic carbocycles. The second kappa shape index (κ2) is 4.40. The van der Waals surface area contributed by atoms with Gasteiger partial charge in [0, 0.05) is 19.0 Å². The summed E-state index contributed by atoms with van der Waals surface area (Å²) >= 11 is 0. The first kappa shape index (κ1) is 11.4. The van der Waals surface area contributed by atoms with Crippen LogP contribution in [0.2, 0.25) is 0 Å². The molecule has 2 saturated heterocycles. The normalized spacial score (nSPS) is 43.4. The quantitative estimate of drug-likeness (QED) is 0.752. The van der Waals surface area contributed by atoms with Gasteiger partial charge >= 0.3 is 0 Å². The fourth-order valence-corrected chi connectivity index (χ4v) is 2.86. The molecule has 2 aliphatic heterocycles. The van der Waals surface area contributed by atoms with E-state index in [-0.39, 0.29) is 5.72 Å². The van der Waals surface area contributed by atoms with Crippen LogP contribution in [-0.2, 0) is 4.74 Å². The molecule has 3 nitrogen and oxygen atoms in total. The fraction of sp³-hybridized carbons (Fsp3) is 1.00. The first-order chi connectivity index (χ1) is 7.09. The topological polar surface area (TPSA) is 24.5 Å². The summed E-state index contributed by atoms with van der Waals surface area (Å²) in [7, 11) is 2.24. The summed E-state index contributed by atoms with van der Waals surface area (Å²) in [5, 5.41) is 3.50. The lowest BCUT2D eigenvalue weighted by atomic mass is 9.95. The summed E-state index contributed by atoms with van der Waals surface area (Å²) in [6, 6.07) is 0.696. The minimum absolute atomic E-state index is 0.0876. The highest BCUT2D eigenvalue weighted by molar-refractivity contribution is 4.88. The summed E-state index contributed by atoms with van der Waals surface area (Å²) in [5.74, 6) is 0. The van der Waals surface area contributed by atoms with Crippen molar-refractivity contribution in [1.29, 1.82) is 0 Å². The summed E-state index contributed by atoms with van der Waals surface area (Å²) in [6.45, 7) is 6.57. The Morgan fingerprint density at radius 2 is 2.27 bits per heavy atom. The Kier molecular flexibility index (Phi) is 3.33. The molecule has 0 aromatic heterocycles. The van der Waals surface area contributed by atoms with Crippen LogP contribution >= 0.6 is 0 Å². The fourth-order valence-electron chi connectivity index (χ4n) is 2.86. The summed E-state index contributed by atoms with van der Waals surface area (Å²) in [5.41, 5.74) is -0.0876. The molecule has 2 fully saturated rings. The Labute approximate surface area is 93.2 Å². The smallest absolute Gasteiger partial charge is 0.118 e. The molecule has 0 radical (unpaired) electrons. The summed E-state index contributed by atoms with van der Waals surface area (Å²) in [4.78, 5) is 2.49. The van der Waals surface area contributed by atoms with Crippen molar-refractivity contribution in [2.45, 2.75) is 57.4 Å². The molecule has 0 bridgehead atoms. The predicted molar refractivity (Wildman–Crippen MR) is 61.8 cm³/mol. The van der Waals surface area contributed by atoms with Gasteiger partial charge in [0.25, 0.3) is 0 Å². The van der Waals surface area contributed by atoms with Gasteiger partial charge in [-0.05, 0) is 40.3 Å². The van der Waals surface area contributed by atoms with Crippen LogP contribution in [0.3, 0.4) is 0 Å². The van der Waals surface area contributed by atoms with Gasteiger partial charge in [0.05, 0.1) is 6.10 Å². The predicted octanol–water partition coefficient (Wildman–Crippen LogP) is 1.59. The molecule has 0 aromatic rings. The molecule has 0 aromatic carbocycles. The van der Waals surface area contributed by atoms with E-state index in [9.17, 15) is 0 Å². The maximum atomic E-state index is 5.96. The van der Waals surface area contributed by atoms with Crippen molar-refractivity contribution in [3.05, 3.63) is 0 Å². The van der Waals surface area contributed by atoms with Crippen molar-refractivity contribution in [1.82, 2.24) is 10.2 Å². The highest BCUT2D eigenvalue weighted by Crippen LogP contribution is 2.27. The van der Waals surface area contributed by atoms with Crippen molar-refractivity contribution < 1.29 is 4.74 Å². The standard InChI is InChI=1S/C12H24N2O/c1-10-9-13-12(2,15-10)8-11-6-4-5-7-14(11)3/h10-11,13H,4-9H2,1-3H3. The van der Waals surface area contributed by atoms with Gasteiger partial charge in [0.2, 0.25) is 0 Å². The van der Waals surface area contributed by atoms with Crippen LogP contribution in [0.5, 0.6) is 0 Å². The highest BCUT2D eigenvalue weighted by Gasteiger charge is 2.36. The third-order valence-electron chi connectivity index (χ3n) is 3.77. The van der Waals surface area contributed by atoms with Gasteiger partial charge in [-0.1, -0.05) is 6.42 Å². The molecule has 3 atom stereocenters. The van der Waals surface area contributed by atoms with Crippen LogP contribution in [0, 0.1) is 0 Å². The number of ether oxygens (including phenoxy) is 1. The highest BCUT2D eigenvalue weighted by atomic mass is 16.5. The summed E-state index contributed by atoms with van der Waals surface area (Å²) < 4.78 is 5.96. The minimum atomic E-state index is -0.0876. The second-order valence-corrected chi connectivity index (χ2v) is 5.37. The minimum Gasteiger partial charge on any atom is -0.357 e. The van der Waals surface area contributed by atoms with Crippen LogP contribution in [0.1, 0.15) is 39.5 Å². The van der Waals surface area contributed by atoms with Gasteiger partial charge in [0.1, 0.15) is 5.72 Å². The Balaban J connectivity index is 1.89. The lowest BCUT2D eigenvalue weighted by Gasteiger charge is -2.37. The molecule has 0 spiro atoms. The number of piperidine rings is 1. The Hall–Kier alpha value is -0.120. The molecule has 88 valence electrons. The number of nitrogens with one attached hydrogen (secondary N) is 1. The number of rotatable bonds is 2. The van der Waals surface area contributed by atoms with Crippen LogP contribution in [-0.4, -0.2) is 42.9 Å². The molecular weight excluding hydrogens is 188 g/mol. The molecule has 1 N–H and O–H groups in total. The largest absolute Gasteiger partial charge is 0.357 e. The zero-order chi connectivity index (χ0) is 10.9. The van der Waals surface area contributed by atoms with Gasteiger partial charge in [0.15, 0.2) is 0 Å². The monoisotopic (exact) mass is 212 g/mol. The first-order valence-electron chi connectivity index (χ1n) is 6.22. The van der Waals surface area contributed by atoms with Gasteiger partial charge in [-0.3, -0.25) is 5.32 Å². The summed E-state index contributed by atoms with van der Waals surface area (Å²) in [6.07, 6.45) is 5.54. The Bertz CT molecular complexity index is 222. The van der Waals surface area contributed by atoms with Crippen molar-refractivity contribution in [2.24, 2.45) is 0 Å². The molecule has 2 aliphatic rings. The third kappa shape index (κ3) is 2.71. The molecule has 2 rings (SSSR count). The number of likely N-dealkylation sites (tertiary alicyclic amines) is 1. The van der Waals surface area contributed by atoms with E-state index in [1.165, 1.54) is 25.8 Å². The Morgan fingerprint density at radius 3 is 2.87 bits per heavy atom. The van der Waals surface area contributed by atoms with Crippen molar-refractivity contribution in [3.8, 4) is 0 Å². The molecule has 2 heterocycles. The molecular formula is C12H24N2O. The lowest BCUT2D eigenvalue weighted by molar-refractivity contribution is -0.0537. The average molecular weight is 212 g/mol. The van der Waals surface area contributed by atoms with Gasteiger partial charge < -0.3 is 9.64 Å². The first-order valence-corrected chi connectivity index (χ1v) is 6.22. The lowest BCUT2D eigenvalue weighted by Crippen LogP contribution is -2.47. The van der Waals surface area contributed by atoms with E-state index >= 15 is 0 Å². The van der Waals surface area contributed by atoms with Gasteiger partial charge in [-0.15, -0.1) is 0 Å². The zero-order valence-corrected chi connectivity index (χ0v) is 10.3.